The molecule has 0 spiro atoms. The molecule has 1 aliphatic heterocycles. The van der Waals surface area contributed by atoms with Crippen molar-refractivity contribution in [2.75, 3.05) is 5.43 Å². The molecule has 2 aromatic rings. The van der Waals surface area contributed by atoms with Gasteiger partial charge in [-0.3, -0.25) is 14.9 Å². The van der Waals surface area contributed by atoms with Gasteiger partial charge in [0.1, 0.15) is 5.69 Å². The third-order valence-electron chi connectivity index (χ3n) is 4.86. The first kappa shape index (κ1) is 19.4. The van der Waals surface area contributed by atoms with Crippen LogP contribution in [0.25, 0.3) is 5.69 Å². The molecule has 0 aliphatic carbocycles. The molecule has 1 N–H and O–H groups in total. The molecule has 9 nitrogen and oxygen atoms in total. The third kappa shape index (κ3) is 3.19. The second-order valence-corrected chi connectivity index (χ2v) is 6.41. The minimum Gasteiger partial charge on any atom is -0.418 e. The number of hydrogen-bond donors (Lipinski definition) is 1. The molecule has 9 heteroatoms. The summed E-state index contributed by atoms with van der Waals surface area (Å²) in [5, 5.41) is 3.81. The summed E-state index contributed by atoms with van der Waals surface area (Å²) >= 11 is 0. The minimum atomic E-state index is -1.27. The molecule has 0 saturated carbocycles. The molecule has 1 fully saturated rings. The Balaban J connectivity index is 1.93. The minimum absolute atomic E-state index is 0.141. The van der Waals surface area contributed by atoms with Crippen LogP contribution in [0.1, 0.15) is 32.4 Å². The van der Waals surface area contributed by atoms with Crippen molar-refractivity contribution in [2.24, 2.45) is 12.1 Å². The molecular formula is C19H22N4O5. The highest BCUT2D eigenvalue weighted by atomic mass is 16.7. The third-order valence-corrected chi connectivity index (χ3v) is 4.86. The first-order valence-corrected chi connectivity index (χ1v) is 8.98. The Hall–Kier alpha value is -3.36. The number of carbonyl (C=O) groups is 2. The summed E-state index contributed by atoms with van der Waals surface area (Å²) < 4.78 is 13.6. The molecule has 3 rings (SSSR count). The summed E-state index contributed by atoms with van der Waals surface area (Å²) in [6.45, 7) is 5.23. The van der Waals surface area contributed by atoms with Gasteiger partial charge in [0.2, 0.25) is 0 Å². The largest absolute Gasteiger partial charge is 0.418 e. The van der Waals surface area contributed by atoms with Gasteiger partial charge in [0.15, 0.2) is 0 Å². The van der Waals surface area contributed by atoms with Crippen molar-refractivity contribution in [3.63, 3.8) is 0 Å². The van der Waals surface area contributed by atoms with Crippen molar-refractivity contribution in [3.05, 3.63) is 46.4 Å². The first-order valence-electron chi connectivity index (χ1n) is 8.98. The van der Waals surface area contributed by atoms with Crippen LogP contribution in [-0.4, -0.2) is 32.8 Å². The Bertz CT molecular complexity index is 977. The molecule has 0 bridgehead atoms. The van der Waals surface area contributed by atoms with Gasteiger partial charge in [-0.15, -0.1) is 0 Å². The van der Waals surface area contributed by atoms with E-state index in [1.54, 1.807) is 44.6 Å². The number of para-hydroxylation sites is 1. The predicted octanol–water partition coefficient (Wildman–Crippen LogP) is 1.87. The van der Waals surface area contributed by atoms with Crippen LogP contribution < -0.4 is 11.0 Å². The smallest absolute Gasteiger partial charge is 0.369 e. The Morgan fingerprint density at radius 3 is 2.14 bits per heavy atom. The highest BCUT2D eigenvalue weighted by Crippen LogP contribution is 2.26. The molecule has 1 aromatic carbocycles. The quantitative estimate of drug-likeness (QED) is 0.621. The maximum Gasteiger partial charge on any atom is 0.369 e. The van der Waals surface area contributed by atoms with Gasteiger partial charge in [0.25, 0.3) is 17.1 Å². The molecule has 1 aromatic heterocycles. The van der Waals surface area contributed by atoms with E-state index in [2.05, 4.69) is 10.5 Å². The Morgan fingerprint density at radius 2 is 1.61 bits per heavy atom. The van der Waals surface area contributed by atoms with Gasteiger partial charge in [-0.2, -0.15) is 5.10 Å². The van der Waals surface area contributed by atoms with Crippen LogP contribution >= 0.6 is 0 Å². The van der Waals surface area contributed by atoms with E-state index in [0.29, 0.717) is 24.2 Å². The lowest BCUT2D eigenvalue weighted by Crippen LogP contribution is -2.50. The van der Waals surface area contributed by atoms with Crippen LogP contribution in [0, 0.1) is 6.92 Å². The number of aromatic nitrogens is 2. The Labute approximate surface area is 161 Å². The van der Waals surface area contributed by atoms with E-state index in [-0.39, 0.29) is 11.2 Å². The lowest BCUT2D eigenvalue weighted by Gasteiger charge is -2.34. The number of benzene rings is 1. The Morgan fingerprint density at radius 1 is 1.04 bits per heavy atom. The highest BCUT2D eigenvalue weighted by Gasteiger charge is 2.45. The number of carbonyl (C=O) groups excluding carboxylic acids is 2. The van der Waals surface area contributed by atoms with Crippen LogP contribution in [-0.2, 0) is 26.1 Å². The van der Waals surface area contributed by atoms with E-state index >= 15 is 0 Å². The van der Waals surface area contributed by atoms with E-state index in [0.717, 1.165) is 0 Å². The standard InChI is InChI=1S/C19H22N4O5/c1-5-19(6-2)27-17(25)15(18(26)28-19)21-20-14-12(3)22(4)23(16(14)24)13-10-8-7-9-11-13/h7-11,20H,5-6H2,1-4H3. The molecule has 0 amide bonds. The van der Waals surface area contributed by atoms with Crippen LogP contribution in [0.2, 0.25) is 0 Å². The average molecular weight is 386 g/mol. The number of nitrogens with zero attached hydrogens (tertiary/aromatic N) is 3. The predicted molar refractivity (Wildman–Crippen MR) is 102 cm³/mol. The number of ether oxygens (including phenoxy) is 2. The van der Waals surface area contributed by atoms with E-state index in [9.17, 15) is 14.4 Å². The molecule has 0 atom stereocenters. The van der Waals surface area contributed by atoms with Crippen LogP contribution in [0.4, 0.5) is 5.69 Å². The van der Waals surface area contributed by atoms with Gasteiger partial charge in [0.05, 0.1) is 11.4 Å². The maximum atomic E-state index is 12.8. The van der Waals surface area contributed by atoms with Crippen molar-refractivity contribution in [1.82, 2.24) is 9.36 Å². The molecule has 1 saturated heterocycles. The number of esters is 2. The van der Waals surface area contributed by atoms with E-state index in [4.69, 9.17) is 9.47 Å². The van der Waals surface area contributed by atoms with Crippen LogP contribution in [0.3, 0.4) is 0 Å². The van der Waals surface area contributed by atoms with E-state index < -0.39 is 23.4 Å². The van der Waals surface area contributed by atoms with Gasteiger partial charge in [-0.05, 0) is 19.1 Å². The number of rotatable bonds is 5. The van der Waals surface area contributed by atoms with Gasteiger partial charge >= 0.3 is 11.9 Å². The average Bonchev–Trinajstić information content (AvgIpc) is 2.90. The van der Waals surface area contributed by atoms with Gasteiger partial charge < -0.3 is 9.47 Å². The van der Waals surface area contributed by atoms with Gasteiger partial charge in [0, 0.05) is 19.9 Å². The fraction of sp³-hybridized carbons (Fsp3) is 0.368. The van der Waals surface area contributed by atoms with Crippen molar-refractivity contribution in [1.29, 1.82) is 0 Å². The van der Waals surface area contributed by atoms with Crippen LogP contribution in [0.5, 0.6) is 0 Å². The fourth-order valence-corrected chi connectivity index (χ4v) is 2.98. The fourth-order valence-electron chi connectivity index (χ4n) is 2.98. The van der Waals surface area contributed by atoms with Crippen molar-refractivity contribution >= 4 is 23.3 Å². The second-order valence-electron chi connectivity index (χ2n) is 6.41. The lowest BCUT2D eigenvalue weighted by atomic mass is 10.1. The van der Waals surface area contributed by atoms with E-state index in [1.165, 1.54) is 4.68 Å². The molecule has 148 valence electrons. The summed E-state index contributed by atoms with van der Waals surface area (Å²) in [6.07, 6.45) is 0.669. The van der Waals surface area contributed by atoms with Crippen molar-refractivity contribution < 1.29 is 19.1 Å². The zero-order chi connectivity index (χ0) is 20.5. The summed E-state index contributed by atoms with van der Waals surface area (Å²) in [6, 6.07) is 9.07. The summed E-state index contributed by atoms with van der Waals surface area (Å²) in [5.41, 5.74) is 3.02. The summed E-state index contributed by atoms with van der Waals surface area (Å²) in [4.78, 5) is 37.3. The first-order chi connectivity index (χ1) is 13.3. The number of cyclic esters (lactones) is 2. The number of anilines is 1. The number of hydrogen-bond acceptors (Lipinski definition) is 7. The molecule has 1 aliphatic rings. The molecule has 28 heavy (non-hydrogen) atoms. The summed E-state index contributed by atoms with van der Waals surface area (Å²) in [7, 11) is 1.72. The van der Waals surface area contributed by atoms with E-state index in [1.807, 2.05) is 18.2 Å². The SMILES string of the molecule is CCC1(CC)OC(=O)C(=NNc2c(C)n(C)n(-c3ccccc3)c2=O)C(=O)O1. The molecule has 2 heterocycles. The van der Waals surface area contributed by atoms with Gasteiger partial charge in [-0.25, -0.2) is 14.3 Å². The number of nitrogens with one attached hydrogen (secondary N) is 1. The topological polar surface area (TPSA) is 104 Å². The molecule has 0 unspecified atom stereocenters. The maximum absolute atomic E-state index is 12.8. The summed E-state index contributed by atoms with van der Waals surface area (Å²) in [5.74, 6) is -3.04. The van der Waals surface area contributed by atoms with Crippen LogP contribution in [0.15, 0.2) is 40.2 Å². The van der Waals surface area contributed by atoms with Crippen molar-refractivity contribution in [2.45, 2.75) is 39.4 Å². The molecular weight excluding hydrogens is 364 g/mol. The Kier molecular flexibility index (Phi) is 5.08. The zero-order valence-electron chi connectivity index (χ0n) is 16.2. The molecule has 0 radical (unpaired) electrons. The highest BCUT2D eigenvalue weighted by molar-refractivity contribution is 6.63. The normalized spacial score (nSPS) is 15.8. The second kappa shape index (κ2) is 7.34. The lowest BCUT2D eigenvalue weighted by molar-refractivity contribution is -0.230. The van der Waals surface area contributed by atoms with Crippen molar-refractivity contribution in [3.8, 4) is 5.69 Å². The number of hydrazone groups is 1. The van der Waals surface area contributed by atoms with Gasteiger partial charge in [-0.1, -0.05) is 32.0 Å². The monoisotopic (exact) mass is 386 g/mol. The zero-order valence-corrected chi connectivity index (χ0v) is 16.2.